The Labute approximate surface area is 314 Å². The lowest BCUT2D eigenvalue weighted by Gasteiger charge is -2.36. The number of piperidine rings is 1. The number of amides is 5. The maximum atomic E-state index is 14.4. The number of nitrogens with zero attached hydrogens (tertiary/aromatic N) is 3. The average molecular weight is 758 g/mol. The number of sulfonamides is 1. The van der Waals surface area contributed by atoms with Gasteiger partial charge in [-0.25, -0.2) is 18.2 Å². The van der Waals surface area contributed by atoms with Gasteiger partial charge in [-0.15, -0.1) is 6.58 Å². The minimum absolute atomic E-state index is 0.0489. The van der Waals surface area contributed by atoms with Gasteiger partial charge in [0.25, 0.3) is 15.9 Å². The smallest absolute Gasteiger partial charge is 0.315 e. The number of hydrogen-bond donors (Lipinski definition) is 4. The lowest BCUT2D eigenvalue weighted by molar-refractivity contribution is -0.144. The van der Waals surface area contributed by atoms with Gasteiger partial charge >= 0.3 is 6.03 Å². The summed E-state index contributed by atoms with van der Waals surface area (Å²) >= 11 is 0. The number of aromatic nitrogens is 1. The number of likely N-dealkylation sites (N-methyl/N-ethyl adjacent to an activating group) is 1. The standard InChI is InChI=1S/C38H59N7O7S/c1-8-21-40-34(48)32(46)26-18-14-12-10-9-11-13-15-19-27(35(49)45-23-25-30(38(25,5)6)31(45)33(47)41-26)42-36(50)43-28(37(2,3)4)24-44(7)53(51,52)29-20-16-17-22-39-29/h8,16-17,20,22,25-28,30-31H,1,9-15,18-19,21,23-24H2,2-7H3,(H,40,48)(H,41,47)(H2,42,43,50)/t25-,26+,27+,28+,30-,31-/m0/s1. The summed E-state index contributed by atoms with van der Waals surface area (Å²) in [6.07, 6.45) is 9.39. The lowest BCUT2D eigenvalue weighted by atomic mass is 9.86. The first kappa shape index (κ1) is 41.9. The Balaban J connectivity index is 1.55. The number of nitrogens with one attached hydrogen (secondary N) is 4. The molecular weight excluding hydrogens is 699 g/mol. The summed E-state index contributed by atoms with van der Waals surface area (Å²) in [6.45, 7) is 13.8. The molecule has 0 aromatic carbocycles. The van der Waals surface area contributed by atoms with Crippen molar-refractivity contribution in [1.82, 2.24) is 35.5 Å². The molecule has 15 heteroatoms. The molecule has 0 radical (unpaired) electrons. The van der Waals surface area contributed by atoms with Crippen LogP contribution in [0.3, 0.4) is 0 Å². The second-order valence-electron chi connectivity index (χ2n) is 16.4. The molecule has 1 saturated carbocycles. The van der Waals surface area contributed by atoms with E-state index in [-0.39, 0.29) is 41.3 Å². The van der Waals surface area contributed by atoms with E-state index >= 15 is 0 Å². The topological polar surface area (TPSA) is 187 Å². The van der Waals surface area contributed by atoms with Crippen molar-refractivity contribution in [2.75, 3.05) is 26.7 Å². The third-order valence-electron chi connectivity index (χ3n) is 11.2. The number of ketones is 1. The van der Waals surface area contributed by atoms with Gasteiger partial charge in [-0.2, -0.15) is 4.31 Å². The predicted molar refractivity (Wildman–Crippen MR) is 201 cm³/mol. The highest BCUT2D eigenvalue weighted by Gasteiger charge is 2.69. The van der Waals surface area contributed by atoms with Crippen molar-refractivity contribution < 1.29 is 32.4 Å². The Morgan fingerprint density at radius 2 is 1.72 bits per heavy atom. The molecule has 1 aromatic rings. The van der Waals surface area contributed by atoms with Crippen LogP contribution in [0.4, 0.5) is 4.79 Å². The van der Waals surface area contributed by atoms with Gasteiger partial charge in [0.2, 0.25) is 17.6 Å². The monoisotopic (exact) mass is 757 g/mol. The molecule has 4 rings (SSSR count). The number of rotatable bonds is 10. The van der Waals surface area contributed by atoms with Crippen LogP contribution >= 0.6 is 0 Å². The Bertz CT molecular complexity index is 1610. The number of urea groups is 1. The zero-order chi connectivity index (χ0) is 39.1. The van der Waals surface area contributed by atoms with E-state index in [1.54, 1.807) is 17.0 Å². The minimum Gasteiger partial charge on any atom is -0.346 e. The third kappa shape index (κ3) is 10.2. The maximum Gasteiger partial charge on any atom is 0.315 e. The number of fused-ring (bicyclic) bond motifs is 3. The van der Waals surface area contributed by atoms with Gasteiger partial charge < -0.3 is 26.2 Å². The van der Waals surface area contributed by atoms with E-state index in [2.05, 4.69) is 46.7 Å². The van der Waals surface area contributed by atoms with Gasteiger partial charge in [-0.05, 0) is 47.6 Å². The van der Waals surface area contributed by atoms with Gasteiger partial charge in [0, 0.05) is 38.9 Å². The van der Waals surface area contributed by atoms with E-state index in [1.165, 1.54) is 25.4 Å². The van der Waals surface area contributed by atoms with Crippen LogP contribution in [0.5, 0.6) is 0 Å². The van der Waals surface area contributed by atoms with Crippen molar-refractivity contribution in [1.29, 1.82) is 0 Å². The fourth-order valence-electron chi connectivity index (χ4n) is 7.70. The van der Waals surface area contributed by atoms with Crippen molar-refractivity contribution >= 4 is 39.6 Å². The van der Waals surface area contributed by atoms with Crippen LogP contribution in [0.15, 0.2) is 42.1 Å². The molecule has 0 spiro atoms. The van der Waals surface area contributed by atoms with E-state index in [0.717, 1.165) is 36.4 Å². The second-order valence-corrected chi connectivity index (χ2v) is 18.4. The highest BCUT2D eigenvalue weighted by Crippen LogP contribution is 2.65. The van der Waals surface area contributed by atoms with Gasteiger partial charge in [-0.1, -0.05) is 91.7 Å². The van der Waals surface area contributed by atoms with Crippen LogP contribution < -0.4 is 21.3 Å². The molecule has 53 heavy (non-hydrogen) atoms. The molecule has 6 atom stereocenters. The van der Waals surface area contributed by atoms with Crippen molar-refractivity contribution in [3.05, 3.63) is 37.1 Å². The maximum absolute atomic E-state index is 14.4. The van der Waals surface area contributed by atoms with Crippen LogP contribution in [0, 0.1) is 22.7 Å². The zero-order valence-corrected chi connectivity index (χ0v) is 33.0. The summed E-state index contributed by atoms with van der Waals surface area (Å²) in [5, 5.41) is 11.1. The van der Waals surface area contributed by atoms with Crippen LogP contribution in [-0.2, 0) is 29.2 Å². The highest BCUT2D eigenvalue weighted by atomic mass is 32.2. The van der Waals surface area contributed by atoms with Crippen LogP contribution in [0.2, 0.25) is 0 Å². The molecule has 1 aromatic heterocycles. The van der Waals surface area contributed by atoms with Gasteiger partial charge in [0.15, 0.2) is 5.03 Å². The van der Waals surface area contributed by atoms with Crippen LogP contribution in [0.25, 0.3) is 0 Å². The predicted octanol–water partition coefficient (Wildman–Crippen LogP) is 3.15. The van der Waals surface area contributed by atoms with E-state index in [0.29, 0.717) is 32.2 Å². The first-order valence-corrected chi connectivity index (χ1v) is 20.3. The molecule has 3 fully saturated rings. The summed E-state index contributed by atoms with van der Waals surface area (Å²) in [6, 6.07) is 0.505. The number of carbonyl (C=O) groups excluding carboxylic acids is 5. The largest absolute Gasteiger partial charge is 0.346 e. The first-order valence-electron chi connectivity index (χ1n) is 18.9. The number of Topliss-reactive ketones (excluding diaryl/α,β-unsaturated/α-hetero) is 1. The van der Waals surface area contributed by atoms with Crippen molar-refractivity contribution in [3.8, 4) is 0 Å². The number of pyridine rings is 1. The molecule has 2 saturated heterocycles. The SMILES string of the molecule is C=CCNC(=O)C(=O)[C@H]1CCCCCCCCC[C@@H](NC(=O)N[C@H](CN(C)S(=O)(=O)c2ccccn2)C(C)(C)C)C(=O)N2C[C@H]3[C@@H]([C@H]2C(=O)N1)C3(C)C. The number of carbonyl (C=O) groups is 5. The summed E-state index contributed by atoms with van der Waals surface area (Å²) in [4.78, 5) is 73.8. The molecule has 4 N–H and O–H groups in total. The summed E-state index contributed by atoms with van der Waals surface area (Å²) in [5.41, 5.74) is -0.778. The van der Waals surface area contributed by atoms with E-state index in [1.807, 2.05) is 20.8 Å². The van der Waals surface area contributed by atoms with E-state index in [4.69, 9.17) is 0 Å². The van der Waals surface area contributed by atoms with Crippen molar-refractivity contribution in [2.45, 2.75) is 122 Å². The summed E-state index contributed by atoms with van der Waals surface area (Å²) in [5.74, 6) is -2.47. The molecule has 294 valence electrons. The fraction of sp³-hybridized carbons (Fsp3) is 0.684. The van der Waals surface area contributed by atoms with Crippen LogP contribution in [0.1, 0.15) is 92.4 Å². The highest BCUT2D eigenvalue weighted by molar-refractivity contribution is 7.89. The van der Waals surface area contributed by atoms with E-state index in [9.17, 15) is 32.4 Å². The fourth-order valence-corrected chi connectivity index (χ4v) is 8.81. The quantitative estimate of drug-likeness (QED) is 0.207. The molecule has 5 amide bonds. The van der Waals surface area contributed by atoms with Crippen LogP contribution in [-0.4, -0.2) is 103 Å². The van der Waals surface area contributed by atoms with E-state index < -0.39 is 63.2 Å². The number of hydrogen-bond acceptors (Lipinski definition) is 8. The van der Waals surface area contributed by atoms with Crippen molar-refractivity contribution in [2.24, 2.45) is 22.7 Å². The Kier molecular flexibility index (Phi) is 13.9. The normalized spacial score (nSPS) is 26.0. The Hall–Kier alpha value is -3.85. The molecule has 0 unspecified atom stereocenters. The Morgan fingerprint density at radius 1 is 1.08 bits per heavy atom. The first-order chi connectivity index (χ1) is 24.9. The van der Waals surface area contributed by atoms with Gasteiger partial charge in [0.1, 0.15) is 12.1 Å². The third-order valence-corrected chi connectivity index (χ3v) is 13.0. The molecular formula is C38H59N7O7S. The molecule has 3 aliphatic rings. The molecule has 2 aliphatic heterocycles. The molecule has 14 nitrogen and oxygen atoms in total. The minimum atomic E-state index is -3.94. The van der Waals surface area contributed by atoms with Gasteiger partial charge in [0.05, 0.1) is 6.04 Å². The molecule has 0 bridgehead atoms. The summed E-state index contributed by atoms with van der Waals surface area (Å²) < 4.78 is 27.7. The lowest BCUT2D eigenvalue weighted by Crippen LogP contribution is -2.60. The molecule has 3 heterocycles. The second kappa shape index (κ2) is 17.5. The Morgan fingerprint density at radius 3 is 2.32 bits per heavy atom. The summed E-state index contributed by atoms with van der Waals surface area (Å²) in [7, 11) is -2.50. The van der Waals surface area contributed by atoms with Gasteiger partial charge in [-0.3, -0.25) is 19.2 Å². The molecule has 1 aliphatic carbocycles. The zero-order valence-electron chi connectivity index (χ0n) is 32.2. The van der Waals surface area contributed by atoms with Crippen molar-refractivity contribution in [3.63, 3.8) is 0 Å². The average Bonchev–Trinajstić information content (AvgIpc) is 3.40.